The molecule has 5 heteroatoms. The Morgan fingerprint density at radius 3 is 2.41 bits per heavy atom. The Kier molecular flexibility index (Phi) is 7.24. The first-order valence-corrected chi connectivity index (χ1v) is 7.65. The van der Waals surface area contributed by atoms with Crippen LogP contribution in [0, 0.1) is 17.2 Å². The van der Waals surface area contributed by atoms with Gasteiger partial charge in [-0.1, -0.05) is 0 Å². The van der Waals surface area contributed by atoms with Crippen molar-refractivity contribution >= 4 is 5.91 Å². The summed E-state index contributed by atoms with van der Waals surface area (Å²) in [4.78, 5) is 14.2. The number of hydrogen-bond donors (Lipinski definition) is 0. The van der Waals surface area contributed by atoms with Crippen LogP contribution in [0.1, 0.15) is 38.1 Å². The van der Waals surface area contributed by atoms with E-state index in [2.05, 4.69) is 6.07 Å². The topological polar surface area (TPSA) is 62.6 Å². The molecule has 0 aliphatic carbocycles. The minimum absolute atomic E-state index is 0.103. The summed E-state index contributed by atoms with van der Waals surface area (Å²) >= 11 is 0. The largest absolute Gasteiger partial charge is 0.490 e. The van der Waals surface area contributed by atoms with Crippen LogP contribution < -0.4 is 9.47 Å². The highest BCUT2D eigenvalue weighted by molar-refractivity contribution is 5.95. The van der Waals surface area contributed by atoms with Crippen LogP contribution in [0.25, 0.3) is 0 Å². The van der Waals surface area contributed by atoms with E-state index in [0.29, 0.717) is 43.4 Å². The van der Waals surface area contributed by atoms with Crippen LogP contribution >= 0.6 is 0 Å². The van der Waals surface area contributed by atoms with E-state index in [1.54, 1.807) is 30.0 Å². The fraction of sp³-hybridized carbons (Fsp3) is 0.529. The molecular formula is C17H24N2O3. The van der Waals surface area contributed by atoms with E-state index in [1.807, 2.05) is 20.8 Å². The van der Waals surface area contributed by atoms with Gasteiger partial charge >= 0.3 is 0 Å². The van der Waals surface area contributed by atoms with Gasteiger partial charge in [-0.25, -0.2) is 0 Å². The van der Waals surface area contributed by atoms with E-state index < -0.39 is 0 Å². The molecule has 0 saturated carbocycles. The number of nitrogens with zero attached hydrogens (tertiary/aromatic N) is 2. The second-order valence-electron chi connectivity index (χ2n) is 4.90. The summed E-state index contributed by atoms with van der Waals surface area (Å²) in [6.07, 6.45) is 0. The number of rotatable bonds is 8. The van der Waals surface area contributed by atoms with Gasteiger partial charge in [0.15, 0.2) is 11.5 Å². The van der Waals surface area contributed by atoms with Crippen molar-refractivity contribution in [1.82, 2.24) is 4.90 Å². The molecule has 0 spiro atoms. The van der Waals surface area contributed by atoms with Crippen molar-refractivity contribution in [3.05, 3.63) is 23.8 Å². The Morgan fingerprint density at radius 2 is 1.86 bits per heavy atom. The predicted octanol–water partition coefficient (Wildman–Crippen LogP) is 3.11. The minimum Gasteiger partial charge on any atom is -0.490 e. The van der Waals surface area contributed by atoms with Crippen LogP contribution in [-0.4, -0.2) is 37.1 Å². The van der Waals surface area contributed by atoms with E-state index in [1.165, 1.54) is 0 Å². The zero-order valence-electron chi connectivity index (χ0n) is 13.8. The van der Waals surface area contributed by atoms with Crippen LogP contribution in [0.5, 0.6) is 11.5 Å². The van der Waals surface area contributed by atoms with Crippen molar-refractivity contribution in [2.75, 3.05) is 26.3 Å². The van der Waals surface area contributed by atoms with Gasteiger partial charge in [0.1, 0.15) is 0 Å². The van der Waals surface area contributed by atoms with E-state index in [0.717, 1.165) is 0 Å². The number of carbonyl (C=O) groups excluding carboxylic acids is 1. The molecule has 22 heavy (non-hydrogen) atoms. The Morgan fingerprint density at radius 1 is 1.23 bits per heavy atom. The number of hydrogen-bond acceptors (Lipinski definition) is 4. The summed E-state index contributed by atoms with van der Waals surface area (Å²) in [5, 5.41) is 8.92. The lowest BCUT2D eigenvalue weighted by Gasteiger charge is -2.22. The fourth-order valence-electron chi connectivity index (χ4n) is 2.09. The second-order valence-corrected chi connectivity index (χ2v) is 4.90. The molecule has 0 aliphatic rings. The molecule has 0 heterocycles. The van der Waals surface area contributed by atoms with Crippen molar-refractivity contribution in [3.8, 4) is 17.6 Å². The molecule has 120 valence electrons. The molecule has 1 unspecified atom stereocenters. The normalized spacial score (nSPS) is 11.4. The van der Waals surface area contributed by atoms with E-state index in [9.17, 15) is 4.79 Å². The van der Waals surface area contributed by atoms with Crippen molar-refractivity contribution in [3.63, 3.8) is 0 Å². The number of carbonyl (C=O) groups is 1. The van der Waals surface area contributed by atoms with Crippen LogP contribution in [0.4, 0.5) is 0 Å². The van der Waals surface area contributed by atoms with Crippen molar-refractivity contribution in [2.24, 2.45) is 5.92 Å². The maximum absolute atomic E-state index is 12.6. The smallest absolute Gasteiger partial charge is 0.254 e. The van der Waals surface area contributed by atoms with Crippen molar-refractivity contribution in [2.45, 2.75) is 27.7 Å². The van der Waals surface area contributed by atoms with Crippen molar-refractivity contribution < 1.29 is 14.3 Å². The molecule has 1 rings (SSSR count). The third kappa shape index (κ3) is 4.66. The lowest BCUT2D eigenvalue weighted by molar-refractivity contribution is 0.0752. The van der Waals surface area contributed by atoms with Gasteiger partial charge in [-0.15, -0.1) is 0 Å². The van der Waals surface area contributed by atoms with Crippen LogP contribution in [0.15, 0.2) is 18.2 Å². The van der Waals surface area contributed by atoms with Gasteiger partial charge in [0, 0.05) is 18.7 Å². The maximum Gasteiger partial charge on any atom is 0.254 e. The average molecular weight is 304 g/mol. The highest BCUT2D eigenvalue weighted by Gasteiger charge is 2.18. The Balaban J connectivity index is 3.01. The SMILES string of the molecule is CCOc1ccc(C(=O)N(CC)CC(C)C#N)cc1OCC. The lowest BCUT2D eigenvalue weighted by atomic mass is 10.1. The van der Waals surface area contributed by atoms with Gasteiger partial charge in [0.05, 0.1) is 25.2 Å². The van der Waals surface area contributed by atoms with Crippen LogP contribution in [0.2, 0.25) is 0 Å². The van der Waals surface area contributed by atoms with Gasteiger partial charge in [-0.05, 0) is 45.9 Å². The first-order chi connectivity index (χ1) is 10.6. The van der Waals surface area contributed by atoms with E-state index in [4.69, 9.17) is 14.7 Å². The maximum atomic E-state index is 12.6. The summed E-state index contributed by atoms with van der Waals surface area (Å²) in [7, 11) is 0. The summed E-state index contributed by atoms with van der Waals surface area (Å²) in [6, 6.07) is 7.34. The lowest BCUT2D eigenvalue weighted by Crippen LogP contribution is -2.34. The summed E-state index contributed by atoms with van der Waals surface area (Å²) in [5.41, 5.74) is 0.541. The highest BCUT2D eigenvalue weighted by atomic mass is 16.5. The molecule has 0 bridgehead atoms. The average Bonchev–Trinajstić information content (AvgIpc) is 2.53. The monoisotopic (exact) mass is 304 g/mol. The molecule has 0 saturated heterocycles. The fourth-order valence-corrected chi connectivity index (χ4v) is 2.09. The predicted molar refractivity (Wildman–Crippen MR) is 85.1 cm³/mol. The van der Waals surface area contributed by atoms with Crippen LogP contribution in [0.3, 0.4) is 0 Å². The zero-order chi connectivity index (χ0) is 16.5. The summed E-state index contributed by atoms with van der Waals surface area (Å²) in [6.45, 7) is 9.51. The first kappa shape index (κ1) is 17.8. The highest BCUT2D eigenvalue weighted by Crippen LogP contribution is 2.29. The molecule has 1 amide bonds. The quantitative estimate of drug-likeness (QED) is 0.740. The molecule has 0 fully saturated rings. The molecule has 1 atom stereocenters. The molecular weight excluding hydrogens is 280 g/mol. The first-order valence-electron chi connectivity index (χ1n) is 7.65. The van der Waals surface area contributed by atoms with Crippen molar-refractivity contribution in [1.29, 1.82) is 5.26 Å². The Labute approximate surface area is 132 Å². The zero-order valence-corrected chi connectivity index (χ0v) is 13.8. The van der Waals surface area contributed by atoms with Crippen LogP contribution in [-0.2, 0) is 0 Å². The van der Waals surface area contributed by atoms with Gasteiger partial charge in [0.25, 0.3) is 5.91 Å². The number of ether oxygens (including phenoxy) is 2. The summed E-state index contributed by atoms with van der Waals surface area (Å²) in [5.74, 6) is 0.903. The number of benzene rings is 1. The Bertz CT molecular complexity index is 537. The standard InChI is InChI=1S/C17H24N2O3/c1-5-19(12-13(4)11-18)17(20)14-8-9-15(21-6-2)16(10-14)22-7-3/h8-10,13H,5-7,12H2,1-4H3. The number of amides is 1. The van der Waals surface area contributed by atoms with Gasteiger partial charge in [-0.3, -0.25) is 4.79 Å². The molecule has 0 N–H and O–H groups in total. The molecule has 5 nitrogen and oxygen atoms in total. The third-order valence-electron chi connectivity index (χ3n) is 3.17. The van der Waals surface area contributed by atoms with Gasteiger partial charge in [0.2, 0.25) is 0 Å². The molecule has 1 aromatic rings. The molecule has 0 aromatic heterocycles. The molecule has 0 radical (unpaired) electrons. The third-order valence-corrected chi connectivity index (χ3v) is 3.17. The second kappa shape index (κ2) is 8.93. The molecule has 1 aromatic carbocycles. The van der Waals surface area contributed by atoms with Gasteiger partial charge < -0.3 is 14.4 Å². The number of nitriles is 1. The summed E-state index contributed by atoms with van der Waals surface area (Å²) < 4.78 is 11.0. The van der Waals surface area contributed by atoms with Gasteiger partial charge in [-0.2, -0.15) is 5.26 Å². The minimum atomic E-state index is -0.196. The van der Waals surface area contributed by atoms with E-state index in [-0.39, 0.29) is 11.8 Å². The Hall–Kier alpha value is -2.22. The van der Waals surface area contributed by atoms with E-state index >= 15 is 0 Å². The molecule has 0 aliphatic heterocycles.